The minimum atomic E-state index is -0.242. The molecule has 0 spiro atoms. The minimum Gasteiger partial charge on any atom is -0.324 e. The molecule has 0 saturated heterocycles. The van der Waals surface area contributed by atoms with Crippen LogP contribution in [0.25, 0.3) is 0 Å². The second-order valence-corrected chi connectivity index (χ2v) is 5.82. The number of amides is 1. The Labute approximate surface area is 117 Å². The summed E-state index contributed by atoms with van der Waals surface area (Å²) in [5.41, 5.74) is 1.53. The fourth-order valence-corrected chi connectivity index (χ4v) is 2.20. The van der Waals surface area contributed by atoms with Crippen molar-refractivity contribution >= 4 is 56.0 Å². The summed E-state index contributed by atoms with van der Waals surface area (Å²) in [7, 11) is 0. The van der Waals surface area contributed by atoms with Gasteiger partial charge in [-0.2, -0.15) is 0 Å². The predicted octanol–water partition coefficient (Wildman–Crippen LogP) is 3.63. The SMILES string of the molecule is CC(=O)SCC(=O)Nc1cc(C)c(Br)cc1Cl. The smallest absolute Gasteiger partial charge is 0.234 e. The highest BCUT2D eigenvalue weighted by Crippen LogP contribution is 2.29. The second-order valence-electron chi connectivity index (χ2n) is 3.41. The number of carbonyl (C=O) groups excluding carboxylic acids is 2. The summed E-state index contributed by atoms with van der Waals surface area (Å²) >= 11 is 10.3. The average Bonchev–Trinajstić information content (AvgIpc) is 2.23. The van der Waals surface area contributed by atoms with E-state index in [-0.39, 0.29) is 16.8 Å². The molecule has 0 atom stereocenters. The zero-order valence-corrected chi connectivity index (χ0v) is 12.5. The Balaban J connectivity index is 2.71. The first-order valence-electron chi connectivity index (χ1n) is 4.79. The molecule has 0 bridgehead atoms. The second kappa shape index (κ2) is 6.42. The molecule has 0 aliphatic carbocycles. The summed E-state index contributed by atoms with van der Waals surface area (Å²) in [5, 5.41) is 3.05. The lowest BCUT2D eigenvalue weighted by Crippen LogP contribution is -2.15. The standard InChI is InChI=1S/C11H11BrClNO2S/c1-6-3-10(9(13)4-8(6)12)14-11(16)5-17-7(2)15/h3-4H,5H2,1-2H3,(H,14,16). The Hall–Kier alpha value is -0.520. The number of aryl methyl sites for hydroxylation is 1. The van der Waals surface area contributed by atoms with Crippen LogP contribution in [-0.4, -0.2) is 16.8 Å². The van der Waals surface area contributed by atoms with Gasteiger partial charge in [-0.1, -0.05) is 39.3 Å². The number of anilines is 1. The van der Waals surface area contributed by atoms with Gasteiger partial charge in [-0.3, -0.25) is 9.59 Å². The first-order chi connectivity index (χ1) is 7.90. The normalized spacial score (nSPS) is 10.1. The molecule has 1 aromatic carbocycles. The molecule has 3 nitrogen and oxygen atoms in total. The molecule has 1 aromatic rings. The first-order valence-corrected chi connectivity index (χ1v) is 6.94. The summed E-state index contributed by atoms with van der Waals surface area (Å²) in [5.74, 6) is -0.144. The molecule has 1 rings (SSSR count). The minimum absolute atomic E-state index is 0.0850. The summed E-state index contributed by atoms with van der Waals surface area (Å²) in [6, 6.07) is 3.51. The van der Waals surface area contributed by atoms with Crippen LogP contribution < -0.4 is 5.32 Å². The lowest BCUT2D eigenvalue weighted by molar-refractivity contribution is -0.114. The Bertz CT molecular complexity index is 465. The Kier molecular flexibility index (Phi) is 5.49. The Morgan fingerprint density at radius 1 is 1.47 bits per heavy atom. The highest BCUT2D eigenvalue weighted by molar-refractivity contribution is 9.10. The third-order valence-electron chi connectivity index (χ3n) is 1.93. The van der Waals surface area contributed by atoms with Crippen LogP contribution in [0.1, 0.15) is 12.5 Å². The fourth-order valence-electron chi connectivity index (χ4n) is 1.11. The quantitative estimate of drug-likeness (QED) is 0.917. The average molecular weight is 337 g/mol. The molecule has 0 fully saturated rings. The Morgan fingerprint density at radius 3 is 2.71 bits per heavy atom. The molecule has 0 aliphatic heterocycles. The molecule has 1 N–H and O–H groups in total. The molecule has 0 radical (unpaired) electrons. The van der Waals surface area contributed by atoms with Crippen LogP contribution in [0.5, 0.6) is 0 Å². The van der Waals surface area contributed by atoms with Crippen molar-refractivity contribution in [2.45, 2.75) is 13.8 Å². The molecule has 0 aliphatic rings. The van der Waals surface area contributed by atoms with Gasteiger partial charge in [0.25, 0.3) is 0 Å². The summed E-state index contributed by atoms with van der Waals surface area (Å²) in [4.78, 5) is 22.2. The summed E-state index contributed by atoms with van der Waals surface area (Å²) in [6.07, 6.45) is 0. The van der Waals surface area contributed by atoms with E-state index in [2.05, 4.69) is 21.2 Å². The van der Waals surface area contributed by atoms with Gasteiger partial charge >= 0.3 is 0 Å². The topological polar surface area (TPSA) is 46.2 Å². The molecule has 0 unspecified atom stereocenters. The first kappa shape index (κ1) is 14.5. The number of thioether (sulfide) groups is 1. The van der Waals surface area contributed by atoms with Crippen molar-refractivity contribution in [2.75, 3.05) is 11.1 Å². The van der Waals surface area contributed by atoms with Gasteiger partial charge in [0, 0.05) is 11.4 Å². The van der Waals surface area contributed by atoms with E-state index in [4.69, 9.17) is 11.6 Å². The zero-order valence-electron chi connectivity index (χ0n) is 9.34. The van der Waals surface area contributed by atoms with Gasteiger partial charge in [0.2, 0.25) is 5.91 Å². The van der Waals surface area contributed by atoms with Gasteiger partial charge in [-0.15, -0.1) is 0 Å². The van der Waals surface area contributed by atoms with E-state index in [1.54, 1.807) is 12.1 Å². The molecule has 0 heterocycles. The van der Waals surface area contributed by atoms with Crippen molar-refractivity contribution in [3.05, 3.63) is 27.2 Å². The van der Waals surface area contributed by atoms with Crippen LogP contribution in [0.3, 0.4) is 0 Å². The highest BCUT2D eigenvalue weighted by atomic mass is 79.9. The number of carbonyl (C=O) groups is 2. The van der Waals surface area contributed by atoms with E-state index in [1.807, 2.05) is 6.92 Å². The van der Waals surface area contributed by atoms with Crippen molar-refractivity contribution in [3.8, 4) is 0 Å². The lowest BCUT2D eigenvalue weighted by atomic mass is 10.2. The van der Waals surface area contributed by atoms with E-state index >= 15 is 0 Å². The number of benzene rings is 1. The molecular formula is C11H11BrClNO2S. The molecule has 17 heavy (non-hydrogen) atoms. The van der Waals surface area contributed by atoms with Crippen molar-refractivity contribution in [2.24, 2.45) is 0 Å². The Morgan fingerprint density at radius 2 is 2.12 bits per heavy atom. The molecule has 0 aromatic heterocycles. The number of halogens is 2. The largest absolute Gasteiger partial charge is 0.324 e. The maximum atomic E-state index is 11.5. The van der Waals surface area contributed by atoms with Gasteiger partial charge < -0.3 is 5.32 Å². The van der Waals surface area contributed by atoms with Crippen LogP contribution in [0, 0.1) is 6.92 Å². The number of hydrogen-bond acceptors (Lipinski definition) is 3. The van der Waals surface area contributed by atoms with Gasteiger partial charge in [-0.05, 0) is 24.6 Å². The van der Waals surface area contributed by atoms with Gasteiger partial charge in [0.15, 0.2) is 5.12 Å². The number of nitrogens with one attached hydrogen (secondary N) is 1. The maximum Gasteiger partial charge on any atom is 0.234 e. The highest BCUT2D eigenvalue weighted by Gasteiger charge is 2.09. The summed E-state index contributed by atoms with van der Waals surface area (Å²) < 4.78 is 0.888. The van der Waals surface area contributed by atoms with Crippen molar-refractivity contribution < 1.29 is 9.59 Å². The molecular weight excluding hydrogens is 326 g/mol. The monoisotopic (exact) mass is 335 g/mol. The molecule has 92 valence electrons. The van der Waals surface area contributed by atoms with Crippen LogP contribution >= 0.6 is 39.3 Å². The third-order valence-corrected chi connectivity index (χ3v) is 3.91. The number of rotatable bonds is 3. The molecule has 0 saturated carbocycles. The van der Waals surface area contributed by atoms with Crippen molar-refractivity contribution in [1.29, 1.82) is 0 Å². The van der Waals surface area contributed by atoms with Crippen molar-refractivity contribution in [3.63, 3.8) is 0 Å². The van der Waals surface area contributed by atoms with Crippen LogP contribution in [-0.2, 0) is 9.59 Å². The summed E-state index contributed by atoms with van der Waals surface area (Å²) in [6.45, 7) is 3.33. The van der Waals surface area contributed by atoms with E-state index < -0.39 is 0 Å². The van der Waals surface area contributed by atoms with Crippen LogP contribution in [0.4, 0.5) is 5.69 Å². The lowest BCUT2D eigenvalue weighted by Gasteiger charge is -2.09. The number of hydrogen-bond donors (Lipinski definition) is 1. The van der Waals surface area contributed by atoms with Gasteiger partial charge in [0.1, 0.15) is 0 Å². The van der Waals surface area contributed by atoms with Crippen LogP contribution in [0.15, 0.2) is 16.6 Å². The zero-order chi connectivity index (χ0) is 13.0. The van der Waals surface area contributed by atoms with E-state index in [1.165, 1.54) is 6.92 Å². The molecule has 6 heteroatoms. The van der Waals surface area contributed by atoms with Crippen molar-refractivity contribution in [1.82, 2.24) is 0 Å². The predicted molar refractivity (Wildman–Crippen MR) is 75.7 cm³/mol. The third kappa shape index (κ3) is 4.69. The van der Waals surface area contributed by atoms with E-state index in [0.29, 0.717) is 10.7 Å². The van der Waals surface area contributed by atoms with Gasteiger partial charge in [0.05, 0.1) is 16.5 Å². The van der Waals surface area contributed by atoms with E-state index in [0.717, 1.165) is 21.8 Å². The fraction of sp³-hybridized carbons (Fsp3) is 0.273. The van der Waals surface area contributed by atoms with Crippen LogP contribution in [0.2, 0.25) is 5.02 Å². The van der Waals surface area contributed by atoms with E-state index in [9.17, 15) is 9.59 Å². The molecule has 1 amide bonds. The maximum absolute atomic E-state index is 11.5. The van der Waals surface area contributed by atoms with Gasteiger partial charge in [-0.25, -0.2) is 0 Å².